The van der Waals surface area contributed by atoms with E-state index in [9.17, 15) is 18.5 Å². The average molecular weight is 242 g/mol. The molecular formula is C7H6N4O4S. The third-order valence-corrected chi connectivity index (χ3v) is 2.92. The number of aromatic nitrogens is 2. The van der Waals surface area contributed by atoms with E-state index in [1.165, 1.54) is 12.4 Å². The first-order chi connectivity index (χ1) is 7.39. The number of aromatic amines is 1. The Hall–Kier alpha value is -2.00. The van der Waals surface area contributed by atoms with E-state index >= 15 is 0 Å². The second-order valence-corrected chi connectivity index (χ2v) is 4.57. The van der Waals surface area contributed by atoms with Gasteiger partial charge in [0.1, 0.15) is 10.4 Å². The molecule has 0 spiro atoms. The largest absolute Gasteiger partial charge is 0.344 e. The minimum absolute atomic E-state index is 0.0908. The molecule has 8 nitrogen and oxygen atoms in total. The van der Waals surface area contributed by atoms with Gasteiger partial charge in [-0.1, -0.05) is 0 Å². The van der Waals surface area contributed by atoms with Crippen LogP contribution in [0, 0.1) is 10.1 Å². The van der Waals surface area contributed by atoms with Crippen molar-refractivity contribution in [2.45, 2.75) is 4.90 Å². The molecular weight excluding hydrogens is 236 g/mol. The van der Waals surface area contributed by atoms with Crippen LogP contribution in [-0.2, 0) is 10.0 Å². The lowest BCUT2D eigenvalue weighted by Gasteiger charge is -1.99. The van der Waals surface area contributed by atoms with Crippen molar-refractivity contribution in [3.63, 3.8) is 0 Å². The summed E-state index contributed by atoms with van der Waals surface area (Å²) in [6.07, 6.45) is 1.24. The van der Waals surface area contributed by atoms with Gasteiger partial charge in [-0.2, -0.15) is 0 Å². The normalized spacial score (nSPS) is 11.8. The fourth-order valence-corrected chi connectivity index (χ4v) is 2.04. The van der Waals surface area contributed by atoms with Crippen LogP contribution in [-0.4, -0.2) is 23.3 Å². The molecule has 9 heteroatoms. The minimum atomic E-state index is -4.04. The summed E-state index contributed by atoms with van der Waals surface area (Å²) < 4.78 is 22.4. The average Bonchev–Trinajstić information content (AvgIpc) is 2.61. The monoisotopic (exact) mass is 242 g/mol. The lowest BCUT2D eigenvalue weighted by Crippen LogP contribution is -2.13. The summed E-state index contributed by atoms with van der Waals surface area (Å²) in [5, 5.41) is 15.5. The highest BCUT2D eigenvalue weighted by molar-refractivity contribution is 7.89. The number of primary sulfonamides is 1. The van der Waals surface area contributed by atoms with Crippen molar-refractivity contribution >= 4 is 26.7 Å². The quantitative estimate of drug-likeness (QED) is 0.570. The molecule has 0 unspecified atom stereocenters. The maximum Gasteiger partial charge on any atom is 0.273 e. The molecule has 0 aliphatic rings. The van der Waals surface area contributed by atoms with Crippen LogP contribution >= 0.6 is 0 Å². The first kappa shape index (κ1) is 10.5. The highest BCUT2D eigenvalue weighted by atomic mass is 32.2. The first-order valence-electron chi connectivity index (χ1n) is 4.04. The summed E-state index contributed by atoms with van der Waals surface area (Å²) >= 11 is 0. The van der Waals surface area contributed by atoms with E-state index in [-0.39, 0.29) is 21.6 Å². The zero-order valence-electron chi connectivity index (χ0n) is 7.75. The van der Waals surface area contributed by atoms with Crippen molar-refractivity contribution in [1.29, 1.82) is 0 Å². The number of sulfonamides is 1. The number of fused-ring (bicyclic) bond motifs is 1. The van der Waals surface area contributed by atoms with Crippen LogP contribution < -0.4 is 5.14 Å². The van der Waals surface area contributed by atoms with Crippen LogP contribution in [0.1, 0.15) is 0 Å². The molecule has 1 aromatic heterocycles. The molecule has 84 valence electrons. The Balaban J connectivity index is 2.89. The van der Waals surface area contributed by atoms with Crippen LogP contribution in [0.25, 0.3) is 11.0 Å². The van der Waals surface area contributed by atoms with Crippen molar-refractivity contribution in [3.8, 4) is 0 Å². The van der Waals surface area contributed by atoms with Gasteiger partial charge in [0.2, 0.25) is 10.0 Å². The van der Waals surface area contributed by atoms with Gasteiger partial charge < -0.3 is 4.98 Å². The van der Waals surface area contributed by atoms with Crippen molar-refractivity contribution < 1.29 is 13.3 Å². The van der Waals surface area contributed by atoms with Crippen molar-refractivity contribution in [3.05, 3.63) is 28.6 Å². The number of nitrogens with two attached hydrogens (primary N) is 1. The smallest absolute Gasteiger partial charge is 0.273 e. The molecule has 0 radical (unpaired) electrons. The molecule has 0 aliphatic heterocycles. The van der Waals surface area contributed by atoms with Crippen LogP contribution in [0.2, 0.25) is 0 Å². The fourth-order valence-electron chi connectivity index (χ4n) is 1.33. The number of benzene rings is 1. The molecule has 1 aromatic carbocycles. The number of hydrogen-bond acceptors (Lipinski definition) is 5. The van der Waals surface area contributed by atoms with E-state index in [1.54, 1.807) is 0 Å². The lowest BCUT2D eigenvalue weighted by molar-refractivity contribution is -0.384. The molecule has 0 aliphatic carbocycles. The molecule has 0 saturated carbocycles. The summed E-state index contributed by atoms with van der Waals surface area (Å²) in [6.45, 7) is 0. The number of H-pyrrole nitrogens is 1. The highest BCUT2D eigenvalue weighted by Gasteiger charge is 2.20. The maximum atomic E-state index is 11.2. The molecule has 2 aromatic rings. The lowest BCUT2D eigenvalue weighted by atomic mass is 10.3. The predicted molar refractivity (Wildman–Crippen MR) is 54.1 cm³/mol. The van der Waals surface area contributed by atoms with Crippen LogP contribution in [0.4, 0.5) is 5.69 Å². The molecule has 16 heavy (non-hydrogen) atoms. The Morgan fingerprint density at radius 1 is 1.44 bits per heavy atom. The minimum Gasteiger partial charge on any atom is -0.344 e. The summed E-state index contributed by atoms with van der Waals surface area (Å²) in [4.78, 5) is 15.9. The number of hydrogen-bond donors (Lipinski definition) is 2. The number of non-ortho nitro benzene ring substituents is 1. The number of rotatable bonds is 2. The van der Waals surface area contributed by atoms with E-state index in [0.717, 1.165) is 6.07 Å². The SMILES string of the molecule is NS(=O)(=O)c1cc([N+](=O)[O-])cc2[nH]cnc12. The molecule has 3 N–H and O–H groups in total. The van der Waals surface area contributed by atoms with E-state index in [1.807, 2.05) is 0 Å². The fraction of sp³-hybridized carbons (Fsp3) is 0. The zero-order chi connectivity index (χ0) is 11.9. The van der Waals surface area contributed by atoms with Crippen molar-refractivity contribution in [2.75, 3.05) is 0 Å². The number of imidazole rings is 1. The topological polar surface area (TPSA) is 132 Å². The Morgan fingerprint density at radius 2 is 2.12 bits per heavy atom. The Morgan fingerprint density at radius 3 is 2.69 bits per heavy atom. The first-order valence-corrected chi connectivity index (χ1v) is 5.58. The Labute approximate surface area is 89.3 Å². The Bertz CT molecular complexity index is 675. The Kier molecular flexibility index (Phi) is 2.14. The standard InChI is InChI=1S/C7H6N4O4S/c8-16(14,15)6-2-4(11(12)13)1-5-7(6)10-3-9-5/h1-3H,(H,9,10)(H2,8,14,15). The van der Waals surface area contributed by atoms with E-state index in [4.69, 9.17) is 5.14 Å². The number of nitrogens with zero attached hydrogens (tertiary/aromatic N) is 2. The molecule has 1 heterocycles. The second kappa shape index (κ2) is 3.25. The van der Waals surface area contributed by atoms with Crippen LogP contribution in [0.3, 0.4) is 0 Å². The van der Waals surface area contributed by atoms with Crippen LogP contribution in [0.15, 0.2) is 23.4 Å². The van der Waals surface area contributed by atoms with Crippen molar-refractivity contribution in [2.24, 2.45) is 5.14 Å². The van der Waals surface area contributed by atoms with Gasteiger partial charge in [0.25, 0.3) is 5.69 Å². The van der Waals surface area contributed by atoms with Gasteiger partial charge in [0, 0.05) is 12.1 Å². The van der Waals surface area contributed by atoms with E-state index in [2.05, 4.69) is 9.97 Å². The molecule has 0 atom stereocenters. The van der Waals surface area contributed by atoms with Gasteiger partial charge >= 0.3 is 0 Å². The maximum absolute atomic E-state index is 11.2. The van der Waals surface area contributed by atoms with Gasteiger partial charge in [0.05, 0.1) is 16.8 Å². The molecule has 0 amide bonds. The predicted octanol–water partition coefficient (Wildman–Crippen LogP) is 0.119. The van der Waals surface area contributed by atoms with Gasteiger partial charge in [-0.25, -0.2) is 18.5 Å². The zero-order valence-corrected chi connectivity index (χ0v) is 8.56. The number of nitro benzene ring substituents is 1. The summed E-state index contributed by atoms with van der Waals surface area (Å²) in [5.74, 6) is 0. The number of nitro groups is 1. The molecule has 0 saturated heterocycles. The van der Waals surface area contributed by atoms with Gasteiger partial charge in [0.15, 0.2) is 0 Å². The van der Waals surface area contributed by atoms with Gasteiger partial charge in [-0.15, -0.1) is 0 Å². The molecule has 0 fully saturated rings. The summed E-state index contributed by atoms with van der Waals surface area (Å²) in [5.41, 5.74) is -0.0212. The summed E-state index contributed by atoms with van der Waals surface area (Å²) in [7, 11) is -4.04. The molecule has 2 rings (SSSR count). The summed E-state index contributed by atoms with van der Waals surface area (Å²) in [6, 6.07) is 2.08. The van der Waals surface area contributed by atoms with E-state index < -0.39 is 14.9 Å². The third-order valence-electron chi connectivity index (χ3n) is 1.99. The molecule has 0 bridgehead atoms. The number of nitrogens with one attached hydrogen (secondary N) is 1. The van der Waals surface area contributed by atoms with E-state index in [0.29, 0.717) is 0 Å². The van der Waals surface area contributed by atoms with Gasteiger partial charge in [-0.05, 0) is 0 Å². The third kappa shape index (κ3) is 1.61. The second-order valence-electron chi connectivity index (χ2n) is 3.04. The van der Waals surface area contributed by atoms with Crippen molar-refractivity contribution in [1.82, 2.24) is 9.97 Å². The van der Waals surface area contributed by atoms with Crippen LogP contribution in [0.5, 0.6) is 0 Å². The van der Waals surface area contributed by atoms with Gasteiger partial charge in [-0.3, -0.25) is 10.1 Å². The highest BCUT2D eigenvalue weighted by Crippen LogP contribution is 2.25.